The third-order valence-electron chi connectivity index (χ3n) is 4.46. The van der Waals surface area contributed by atoms with Crippen molar-refractivity contribution in [3.63, 3.8) is 0 Å². The van der Waals surface area contributed by atoms with E-state index < -0.39 is 10.8 Å². The summed E-state index contributed by atoms with van der Waals surface area (Å²) < 4.78 is 18.9. The number of allylic oxidation sites excluding steroid dienone is 3. The van der Waals surface area contributed by atoms with Crippen LogP contribution >= 0.6 is 0 Å². The van der Waals surface area contributed by atoms with Gasteiger partial charge >= 0.3 is 0 Å². The van der Waals surface area contributed by atoms with Gasteiger partial charge in [-0.25, -0.2) is 4.21 Å². The van der Waals surface area contributed by atoms with Gasteiger partial charge in [-0.2, -0.15) is 0 Å². The number of hydrogen-bond acceptors (Lipinski definition) is 3. The molecule has 0 bridgehead atoms. The van der Waals surface area contributed by atoms with Crippen LogP contribution < -0.4 is 4.90 Å². The average molecular weight is 448 g/mol. The van der Waals surface area contributed by atoms with Gasteiger partial charge < -0.3 is 9.64 Å². The summed E-state index contributed by atoms with van der Waals surface area (Å²) in [4.78, 5) is 15.0. The van der Waals surface area contributed by atoms with Gasteiger partial charge in [0.25, 0.3) is 0 Å². The number of anilines is 1. The molecule has 1 aromatic rings. The Hall–Kier alpha value is -2.14. The lowest BCUT2D eigenvalue weighted by molar-refractivity contribution is -0.116. The Morgan fingerprint density at radius 3 is 2.32 bits per heavy atom. The molecule has 1 amide bonds. The second kappa shape index (κ2) is 14.8. The van der Waals surface area contributed by atoms with Crippen molar-refractivity contribution in [2.75, 3.05) is 11.5 Å². The number of hydrogen-bond donors (Lipinski definition) is 0. The minimum absolute atomic E-state index is 0.0306. The number of nitrogens with zero attached hydrogens (tertiary/aromatic N) is 1. The van der Waals surface area contributed by atoms with E-state index in [1.165, 1.54) is 0 Å². The summed E-state index contributed by atoms with van der Waals surface area (Å²) in [5, 5.41) is 0. The molecule has 5 heteroatoms. The highest BCUT2D eigenvalue weighted by atomic mass is 32.2. The van der Waals surface area contributed by atoms with Gasteiger partial charge in [-0.3, -0.25) is 4.79 Å². The number of fused-ring (bicyclic) bond motifs is 1. The van der Waals surface area contributed by atoms with Crippen molar-refractivity contribution in [2.24, 2.45) is 0 Å². The molecule has 2 rings (SSSR count). The van der Waals surface area contributed by atoms with Gasteiger partial charge in [0.05, 0.1) is 17.4 Å². The number of ether oxygens (including phenoxy) is 1. The number of carbonyl (C=O) groups is 1. The molecule has 0 aliphatic carbocycles. The Labute approximate surface area is 192 Å². The highest BCUT2D eigenvalue weighted by Gasteiger charge is 2.29. The van der Waals surface area contributed by atoms with Crippen LogP contribution in [0.15, 0.2) is 58.1 Å². The first-order valence-electron chi connectivity index (χ1n) is 11.3. The van der Waals surface area contributed by atoms with Crippen LogP contribution in [-0.4, -0.2) is 22.8 Å². The maximum absolute atomic E-state index is 13.1. The summed E-state index contributed by atoms with van der Waals surface area (Å²) >= 11 is 0. The fraction of sp³-hybridized carbons (Fsp3) is 0.500. The van der Waals surface area contributed by atoms with Crippen LogP contribution in [-0.2, 0) is 26.8 Å². The van der Waals surface area contributed by atoms with Gasteiger partial charge in [0, 0.05) is 28.5 Å². The van der Waals surface area contributed by atoms with Crippen LogP contribution in [0.5, 0.6) is 0 Å². The van der Waals surface area contributed by atoms with E-state index in [1.807, 2.05) is 72.7 Å². The Morgan fingerprint density at radius 1 is 1.23 bits per heavy atom. The highest BCUT2D eigenvalue weighted by Crippen LogP contribution is 2.34. The normalized spacial score (nSPS) is 15.5. The van der Waals surface area contributed by atoms with E-state index in [0.29, 0.717) is 16.4 Å². The SMILES string of the molecule is C=C/C(=C\C(OCCC)=C(C)C)S(=O)c1ccc2c(c1)CC(C)N2C(C)=O.CC.CC. The van der Waals surface area contributed by atoms with Crippen LogP contribution in [0.25, 0.3) is 0 Å². The zero-order valence-corrected chi connectivity index (χ0v) is 21.7. The molecule has 0 radical (unpaired) electrons. The fourth-order valence-electron chi connectivity index (χ4n) is 3.20. The molecule has 0 spiro atoms. The number of carbonyl (C=O) groups excluding carboxylic acids is 1. The predicted octanol–water partition coefficient (Wildman–Crippen LogP) is 6.93. The minimum atomic E-state index is -1.36. The molecule has 2 atom stereocenters. The molecule has 2 unspecified atom stereocenters. The highest BCUT2D eigenvalue weighted by molar-refractivity contribution is 7.89. The lowest BCUT2D eigenvalue weighted by Crippen LogP contribution is -2.33. The first-order valence-corrected chi connectivity index (χ1v) is 12.4. The summed E-state index contributed by atoms with van der Waals surface area (Å²) in [6.07, 6.45) is 5.11. The van der Waals surface area contributed by atoms with Crippen molar-refractivity contribution < 1.29 is 13.7 Å². The molecule has 1 heterocycles. The third-order valence-corrected chi connectivity index (χ3v) is 5.86. The number of benzene rings is 1. The lowest BCUT2D eigenvalue weighted by Gasteiger charge is -2.20. The van der Waals surface area contributed by atoms with Crippen LogP contribution in [0.4, 0.5) is 5.69 Å². The van der Waals surface area contributed by atoms with E-state index >= 15 is 0 Å². The summed E-state index contributed by atoms with van der Waals surface area (Å²) in [6, 6.07) is 5.78. The molecular weight excluding hydrogens is 406 g/mol. The minimum Gasteiger partial charge on any atom is -0.494 e. The summed E-state index contributed by atoms with van der Waals surface area (Å²) in [5.41, 5.74) is 2.99. The maximum Gasteiger partial charge on any atom is 0.224 e. The van der Waals surface area contributed by atoms with Gasteiger partial charge in [0.1, 0.15) is 5.76 Å². The zero-order chi connectivity index (χ0) is 24.1. The smallest absolute Gasteiger partial charge is 0.224 e. The molecule has 31 heavy (non-hydrogen) atoms. The number of amides is 1. The molecule has 0 saturated heterocycles. The van der Waals surface area contributed by atoms with Crippen molar-refractivity contribution >= 4 is 22.4 Å². The Morgan fingerprint density at radius 2 is 1.84 bits per heavy atom. The molecule has 4 nitrogen and oxygen atoms in total. The van der Waals surface area contributed by atoms with E-state index in [0.717, 1.165) is 35.4 Å². The van der Waals surface area contributed by atoms with Gasteiger partial charge in [0.2, 0.25) is 5.91 Å². The van der Waals surface area contributed by atoms with Gasteiger partial charge in [-0.05, 0) is 69.0 Å². The van der Waals surface area contributed by atoms with Gasteiger partial charge in [-0.1, -0.05) is 47.3 Å². The van der Waals surface area contributed by atoms with Crippen molar-refractivity contribution in [1.29, 1.82) is 0 Å². The van der Waals surface area contributed by atoms with Crippen molar-refractivity contribution in [3.05, 3.63) is 58.7 Å². The molecule has 1 aromatic carbocycles. The summed E-state index contributed by atoms with van der Waals surface area (Å²) in [6.45, 7) is 22.0. The molecule has 0 N–H and O–H groups in total. The Bertz CT molecular complexity index is 820. The van der Waals surface area contributed by atoms with E-state index in [2.05, 4.69) is 13.5 Å². The van der Waals surface area contributed by atoms with Gasteiger partial charge in [-0.15, -0.1) is 0 Å². The quantitative estimate of drug-likeness (QED) is 0.336. The largest absolute Gasteiger partial charge is 0.494 e. The molecule has 0 aromatic heterocycles. The van der Waals surface area contributed by atoms with Crippen LogP contribution in [0.3, 0.4) is 0 Å². The lowest BCUT2D eigenvalue weighted by atomic mass is 10.1. The second-order valence-corrected chi connectivity index (χ2v) is 8.45. The predicted molar refractivity (Wildman–Crippen MR) is 135 cm³/mol. The second-order valence-electron chi connectivity index (χ2n) is 6.96. The fourth-order valence-corrected chi connectivity index (χ4v) is 4.28. The number of rotatable bonds is 7. The van der Waals surface area contributed by atoms with Crippen LogP contribution in [0.2, 0.25) is 0 Å². The molecule has 0 saturated carbocycles. The first kappa shape index (κ1) is 28.9. The van der Waals surface area contributed by atoms with Crippen molar-refractivity contribution in [3.8, 4) is 0 Å². The monoisotopic (exact) mass is 447 g/mol. The van der Waals surface area contributed by atoms with Crippen molar-refractivity contribution in [1.82, 2.24) is 0 Å². The topological polar surface area (TPSA) is 46.6 Å². The summed E-state index contributed by atoms with van der Waals surface area (Å²) in [5.74, 6) is 0.765. The molecule has 174 valence electrons. The molecular formula is C26H41NO3S. The standard InChI is InChI=1S/C22H29NO3S.2C2H6/c1-7-11-26-22(15(3)4)14-19(8-2)27(25)20-9-10-21-18(13-20)12-16(5)23(21)17(6)24;2*1-2/h8-10,13-14,16H,2,7,11-12H2,1,3-6H3;2*1-2H3/b19-14+;;. The summed E-state index contributed by atoms with van der Waals surface area (Å²) in [7, 11) is -1.36. The molecule has 0 fully saturated rings. The molecule has 1 aliphatic heterocycles. The van der Waals surface area contributed by atoms with E-state index in [9.17, 15) is 9.00 Å². The van der Waals surface area contributed by atoms with E-state index in [1.54, 1.807) is 17.9 Å². The Kier molecular flexibility index (Phi) is 13.8. The maximum atomic E-state index is 13.1. The third kappa shape index (κ3) is 7.80. The first-order chi connectivity index (χ1) is 14.8. The van der Waals surface area contributed by atoms with E-state index in [-0.39, 0.29) is 11.9 Å². The zero-order valence-electron chi connectivity index (χ0n) is 20.9. The van der Waals surface area contributed by atoms with Crippen LogP contribution in [0.1, 0.15) is 74.3 Å². The average Bonchev–Trinajstić information content (AvgIpc) is 3.11. The van der Waals surface area contributed by atoms with E-state index in [4.69, 9.17) is 4.74 Å². The van der Waals surface area contributed by atoms with Gasteiger partial charge in [0.15, 0.2) is 0 Å². The molecule has 1 aliphatic rings. The Balaban J connectivity index is 0.00000212. The van der Waals surface area contributed by atoms with Crippen molar-refractivity contribution in [2.45, 2.75) is 86.1 Å². The van der Waals surface area contributed by atoms with Crippen LogP contribution in [0, 0.1) is 0 Å².